The summed E-state index contributed by atoms with van der Waals surface area (Å²) in [6.45, 7) is 9.69. The largest absolute Gasteiger partial charge is 0.489 e. The van der Waals surface area contributed by atoms with Crippen LogP contribution in [0.4, 0.5) is 9.93 Å². The molecule has 86 heavy (non-hydrogen) atoms. The minimum Gasteiger partial charge on any atom is -0.489 e. The maximum absolute atomic E-state index is 15.0. The van der Waals surface area contributed by atoms with Crippen molar-refractivity contribution in [3.8, 4) is 5.75 Å². The maximum atomic E-state index is 15.0. The molecule has 0 saturated carbocycles. The molecule has 5 N–H and O–H groups in total. The average Bonchev–Trinajstić information content (AvgIpc) is 1.000. The first-order valence-corrected chi connectivity index (χ1v) is 30.2. The van der Waals surface area contributed by atoms with E-state index in [1.807, 2.05) is 169 Å². The highest BCUT2D eigenvalue weighted by molar-refractivity contribution is 7.80. The number of nitrogens with one attached hydrogen (secondary N) is 2. The van der Waals surface area contributed by atoms with E-state index in [-0.39, 0.29) is 11.4 Å². The fourth-order valence-electron chi connectivity index (χ4n) is 10.2. The number of aromatic nitrogens is 1. The quantitative estimate of drug-likeness (QED) is 0.00641. The number of thiazole rings is 1. The van der Waals surface area contributed by atoms with Crippen LogP contribution in [0.3, 0.4) is 0 Å². The first-order chi connectivity index (χ1) is 41.2. The second-order valence-electron chi connectivity index (χ2n) is 22.1. The molecule has 9 rings (SSSR count). The fraction of sp³-hybridized carbons (Fsp3) is 0.297. The molecule has 2 atom stereocenters. The number of carbonyl (C=O) groups excluding carboxylic acids is 4. The summed E-state index contributed by atoms with van der Waals surface area (Å²) in [4.78, 5) is 73.1. The third-order valence-corrected chi connectivity index (χ3v) is 15.6. The molecule has 448 valence electrons. The van der Waals surface area contributed by atoms with E-state index < -0.39 is 82.0 Å². The Labute approximate surface area is 503 Å². The summed E-state index contributed by atoms with van der Waals surface area (Å²) in [6, 6.07) is 53.3. The van der Waals surface area contributed by atoms with E-state index in [0.29, 0.717) is 72.1 Å². The van der Waals surface area contributed by atoms with Crippen LogP contribution in [0.5, 0.6) is 5.75 Å². The van der Waals surface area contributed by atoms with Crippen LogP contribution >= 0.6 is 11.3 Å². The van der Waals surface area contributed by atoms with Crippen molar-refractivity contribution in [2.75, 3.05) is 31.6 Å². The number of esters is 1. The van der Waals surface area contributed by atoms with E-state index in [1.165, 1.54) is 25.2 Å². The van der Waals surface area contributed by atoms with Crippen molar-refractivity contribution in [1.82, 2.24) is 20.3 Å². The summed E-state index contributed by atoms with van der Waals surface area (Å²) in [6.07, 6.45) is -2.44. The number of alkyl carbamates (subject to hydrolysis) is 1. The molecule has 0 bridgehead atoms. The number of Topliss-reactive ketones (excluding diaryl/α,β-unsaturated/α-hetero) is 1. The second kappa shape index (κ2) is 27.0. The van der Waals surface area contributed by atoms with Gasteiger partial charge in [0.05, 0.1) is 11.5 Å². The number of carbonyl (C=O) groups is 4. The normalized spacial score (nSPS) is 15.7. The van der Waals surface area contributed by atoms with E-state index in [2.05, 4.69) is 25.1 Å². The van der Waals surface area contributed by atoms with Crippen molar-refractivity contribution in [3.05, 3.63) is 220 Å². The topological polar surface area (TPSA) is 263 Å². The Hall–Kier alpha value is -8.96. The SMILES string of the molecule is CC(C)(C)OC(=O)NCCCN=C(N)N1CCc2cc(OC[C@H](O/N=C(\C(=O)C[C@@H]3C(=O)N(OS(=O)(=O)O)C3(C)C)c3csc(NC(c4ccccc4)(c4ccccc4)c4ccccc4)n3)C(=O)OC(c3ccccc3)c3ccccc3)ccc2C1. The number of oxime groups is 1. The fourth-order valence-corrected chi connectivity index (χ4v) is 11.4. The molecule has 20 nitrogen and oxygen atoms in total. The summed E-state index contributed by atoms with van der Waals surface area (Å²) in [5.41, 5.74) is 8.96. The van der Waals surface area contributed by atoms with E-state index in [9.17, 15) is 32.1 Å². The Morgan fingerprint density at radius 1 is 0.826 bits per heavy atom. The summed E-state index contributed by atoms with van der Waals surface area (Å²) >= 11 is 1.17. The number of hydrogen-bond donors (Lipinski definition) is 4. The van der Waals surface area contributed by atoms with Gasteiger partial charge in [-0.05, 0) is 98.5 Å². The van der Waals surface area contributed by atoms with Gasteiger partial charge in [0.25, 0.3) is 12.0 Å². The van der Waals surface area contributed by atoms with Crippen LogP contribution in [0, 0.1) is 5.92 Å². The lowest BCUT2D eigenvalue weighted by Crippen LogP contribution is -2.68. The minimum absolute atomic E-state index is 0.0188. The number of β-lactam (4-membered cyclic amide) rings is 1. The van der Waals surface area contributed by atoms with Crippen molar-refractivity contribution in [2.45, 2.75) is 89.3 Å². The predicted molar refractivity (Wildman–Crippen MR) is 325 cm³/mol. The highest BCUT2D eigenvalue weighted by Gasteiger charge is 2.58. The number of ether oxygens (including phenoxy) is 3. The van der Waals surface area contributed by atoms with Gasteiger partial charge >= 0.3 is 22.5 Å². The number of ketones is 1. The number of nitrogens with zero attached hydrogens (tertiary/aromatic N) is 5. The predicted octanol–water partition coefficient (Wildman–Crippen LogP) is 9.57. The van der Waals surface area contributed by atoms with E-state index in [1.54, 1.807) is 32.2 Å². The van der Waals surface area contributed by atoms with Gasteiger partial charge in [-0.25, -0.2) is 14.6 Å². The number of benzene rings is 6. The van der Waals surface area contributed by atoms with Crippen molar-refractivity contribution < 1.29 is 55.5 Å². The van der Waals surface area contributed by atoms with Gasteiger partial charge in [0.15, 0.2) is 28.7 Å². The summed E-state index contributed by atoms with van der Waals surface area (Å²) in [5, 5.41) is 13.3. The number of anilines is 1. The lowest BCUT2D eigenvalue weighted by atomic mass is 9.74. The number of aliphatic imine (C=N–C) groups is 1. The molecule has 6 aromatic carbocycles. The number of fused-ring (bicyclic) bond motifs is 1. The molecule has 2 amide bonds. The monoisotopic (exact) mass is 1200 g/mol. The van der Waals surface area contributed by atoms with Gasteiger partial charge in [0.1, 0.15) is 29.2 Å². The molecule has 1 aromatic heterocycles. The standard InChI is InChI=1S/C64H68N8O12S2/c1-62(2,3)82-61(76)67-36-21-35-66-59(65)71-37-34-45-38-50(33-32-46(45)40-71)80-41-54(58(75)81-56(43-22-11-6-12-23-43)44-24-13-7-14-25-44)83-70-55(53(73)39-51-57(74)72(63(51,4)5)84-86(77,78)79)52-42-85-60(68-52)69-64(47-26-15-8-16-27-47,48-28-17-9-18-29-48)49-30-19-10-20-31-49/h6-20,22-33,38,42,51,54,56H,21,34-37,39-41H2,1-5H3,(H2,65,66)(H,67,76)(H,68,69)(H,77,78,79)/b70-55-/t51-,54+/m1/s1. The van der Waals surface area contributed by atoms with E-state index in [4.69, 9.17) is 29.8 Å². The molecular formula is C64H68N8O12S2. The molecule has 7 aromatic rings. The number of amides is 2. The van der Waals surface area contributed by atoms with Crippen molar-refractivity contribution in [3.63, 3.8) is 0 Å². The van der Waals surface area contributed by atoms with Crippen LogP contribution in [0.1, 0.15) is 98.2 Å². The summed E-state index contributed by atoms with van der Waals surface area (Å²) < 4.78 is 55.6. The van der Waals surface area contributed by atoms with Gasteiger partial charge in [-0.1, -0.05) is 163 Å². The van der Waals surface area contributed by atoms with Crippen LogP contribution < -0.4 is 21.1 Å². The lowest BCUT2D eigenvalue weighted by molar-refractivity contribution is -0.228. The second-order valence-corrected chi connectivity index (χ2v) is 23.9. The number of nitrogens with two attached hydrogens (primary N) is 1. The Morgan fingerprint density at radius 3 is 1.94 bits per heavy atom. The van der Waals surface area contributed by atoms with Crippen molar-refractivity contribution >= 4 is 62.3 Å². The third kappa shape index (κ3) is 15.1. The third-order valence-electron chi connectivity index (χ3n) is 14.5. The zero-order valence-electron chi connectivity index (χ0n) is 48.2. The number of hydroxylamine groups is 2. The smallest absolute Gasteiger partial charge is 0.418 e. The zero-order chi connectivity index (χ0) is 61.1. The maximum Gasteiger partial charge on any atom is 0.418 e. The molecule has 1 fully saturated rings. The Bertz CT molecular complexity index is 3530. The van der Waals surface area contributed by atoms with Gasteiger partial charge < -0.3 is 40.3 Å². The van der Waals surface area contributed by atoms with Crippen molar-refractivity contribution in [2.24, 2.45) is 21.8 Å². The Balaban J connectivity index is 1.03. The lowest BCUT2D eigenvalue weighted by Gasteiger charge is -2.50. The van der Waals surface area contributed by atoms with Gasteiger partial charge in [-0.15, -0.1) is 15.6 Å². The van der Waals surface area contributed by atoms with E-state index >= 15 is 0 Å². The highest BCUT2D eigenvalue weighted by atomic mass is 32.3. The highest BCUT2D eigenvalue weighted by Crippen LogP contribution is 2.43. The van der Waals surface area contributed by atoms with Gasteiger partial charge in [0.2, 0.25) is 0 Å². The first kappa shape index (κ1) is 61.6. The first-order valence-electron chi connectivity index (χ1n) is 27.9. The zero-order valence-corrected chi connectivity index (χ0v) is 49.8. The molecule has 0 spiro atoms. The van der Waals surface area contributed by atoms with Gasteiger partial charge in [-0.3, -0.25) is 19.1 Å². The summed E-state index contributed by atoms with van der Waals surface area (Å²) in [7, 11) is -5.11. The number of hydrogen-bond acceptors (Lipinski definition) is 16. The summed E-state index contributed by atoms with van der Waals surface area (Å²) in [5.74, 6) is -2.94. The van der Waals surface area contributed by atoms with Crippen molar-refractivity contribution in [1.29, 1.82) is 0 Å². The molecule has 2 aliphatic heterocycles. The minimum atomic E-state index is -5.11. The van der Waals surface area contributed by atoms with Crippen LogP contribution in [0.2, 0.25) is 0 Å². The molecule has 1 saturated heterocycles. The number of rotatable bonds is 24. The molecule has 2 aliphatic rings. The molecule has 3 heterocycles. The number of guanidine groups is 1. The van der Waals surface area contributed by atoms with Crippen LogP contribution in [0.15, 0.2) is 185 Å². The Morgan fingerprint density at radius 2 is 1.40 bits per heavy atom. The van der Waals surface area contributed by atoms with Crippen LogP contribution in [0.25, 0.3) is 0 Å². The average molecular weight is 1210 g/mol. The van der Waals surface area contributed by atoms with Gasteiger partial charge in [0, 0.05) is 38.0 Å². The van der Waals surface area contributed by atoms with Crippen LogP contribution in [-0.2, 0) is 61.9 Å². The molecular weight excluding hydrogens is 1140 g/mol. The molecule has 22 heteroatoms. The molecule has 0 unspecified atom stereocenters. The van der Waals surface area contributed by atoms with Gasteiger partial charge in [-0.2, -0.15) is 13.5 Å². The van der Waals surface area contributed by atoms with E-state index in [0.717, 1.165) is 27.8 Å². The molecule has 0 aliphatic carbocycles. The van der Waals surface area contributed by atoms with Crippen LogP contribution in [-0.4, -0.2) is 107 Å². The molecule has 0 radical (unpaired) electrons. The Kier molecular flexibility index (Phi) is 19.3.